The van der Waals surface area contributed by atoms with Crippen molar-refractivity contribution in [2.24, 2.45) is 9.98 Å². The maximum atomic E-state index is 12.1. The number of benzene rings is 1. The van der Waals surface area contributed by atoms with Crippen molar-refractivity contribution in [2.75, 3.05) is 5.32 Å². The standard InChI is InChI=1S/C19H22BrClN6O2/c1-11(20)16(27-17(21)22-5)26-13-6-7-14-15(24-9-8-23-14)12(13)10-25-18(28)29-19(2,3)4/h6-9,26H,5,10H2,1-4H3,(H,25,28)/b16-11+,27-17-. The monoisotopic (exact) mass is 480 g/mol. The van der Waals surface area contributed by atoms with Gasteiger partial charge in [-0.05, 0) is 58.1 Å². The van der Waals surface area contributed by atoms with Crippen LogP contribution < -0.4 is 10.6 Å². The van der Waals surface area contributed by atoms with Gasteiger partial charge in [0.1, 0.15) is 11.4 Å². The molecule has 10 heteroatoms. The maximum Gasteiger partial charge on any atom is 0.407 e. The average molecular weight is 482 g/mol. The third kappa shape index (κ3) is 6.79. The number of nitrogens with zero attached hydrogens (tertiary/aromatic N) is 4. The first-order valence-electron chi connectivity index (χ1n) is 8.64. The van der Waals surface area contributed by atoms with E-state index in [-0.39, 0.29) is 11.8 Å². The number of fused-ring (bicyclic) bond motifs is 1. The number of hydrogen-bond donors (Lipinski definition) is 2. The molecule has 2 N–H and O–H groups in total. The smallest absolute Gasteiger partial charge is 0.407 e. The van der Waals surface area contributed by atoms with Crippen molar-refractivity contribution in [3.8, 4) is 0 Å². The van der Waals surface area contributed by atoms with E-state index in [1.807, 2.05) is 12.1 Å². The molecule has 0 radical (unpaired) electrons. The Hall–Kier alpha value is -2.52. The van der Waals surface area contributed by atoms with Crippen LogP contribution in [0, 0.1) is 0 Å². The van der Waals surface area contributed by atoms with Crippen LogP contribution in [0.25, 0.3) is 11.0 Å². The zero-order chi connectivity index (χ0) is 21.6. The predicted molar refractivity (Wildman–Crippen MR) is 121 cm³/mol. The highest BCUT2D eigenvalue weighted by Gasteiger charge is 2.18. The lowest BCUT2D eigenvalue weighted by Crippen LogP contribution is -2.32. The fourth-order valence-corrected chi connectivity index (χ4v) is 2.58. The number of hydrogen-bond acceptors (Lipinski definition) is 6. The first-order valence-corrected chi connectivity index (χ1v) is 9.81. The van der Waals surface area contributed by atoms with Crippen molar-refractivity contribution in [2.45, 2.75) is 39.8 Å². The topological polar surface area (TPSA) is 101 Å². The van der Waals surface area contributed by atoms with E-state index in [1.54, 1.807) is 40.1 Å². The molecule has 0 unspecified atom stereocenters. The van der Waals surface area contributed by atoms with E-state index in [1.165, 1.54) is 0 Å². The average Bonchev–Trinajstić information content (AvgIpc) is 2.64. The van der Waals surface area contributed by atoms with Gasteiger partial charge in [-0.15, -0.1) is 0 Å². The lowest BCUT2D eigenvalue weighted by Gasteiger charge is -2.20. The first-order chi connectivity index (χ1) is 13.6. The van der Waals surface area contributed by atoms with Crippen molar-refractivity contribution < 1.29 is 9.53 Å². The maximum absolute atomic E-state index is 12.1. The molecule has 0 atom stereocenters. The summed E-state index contributed by atoms with van der Waals surface area (Å²) in [4.78, 5) is 28.6. The molecule has 29 heavy (non-hydrogen) atoms. The van der Waals surface area contributed by atoms with Crippen LogP contribution in [0.4, 0.5) is 10.5 Å². The number of carbonyl (C=O) groups is 1. The molecule has 0 bridgehead atoms. The second-order valence-corrected chi connectivity index (χ2v) is 8.44. The van der Waals surface area contributed by atoms with E-state index in [0.717, 1.165) is 0 Å². The minimum absolute atomic E-state index is 0.0136. The van der Waals surface area contributed by atoms with Gasteiger partial charge in [-0.3, -0.25) is 9.97 Å². The number of amidine groups is 1. The Morgan fingerprint density at radius 1 is 1.31 bits per heavy atom. The number of carbonyl (C=O) groups excluding carboxylic acids is 1. The van der Waals surface area contributed by atoms with Gasteiger partial charge in [0.2, 0.25) is 5.29 Å². The van der Waals surface area contributed by atoms with Crippen LogP contribution in [-0.2, 0) is 11.3 Å². The minimum atomic E-state index is -0.601. The number of allylic oxidation sites excluding steroid dienone is 1. The zero-order valence-electron chi connectivity index (χ0n) is 16.6. The van der Waals surface area contributed by atoms with Crippen molar-refractivity contribution >= 4 is 62.4 Å². The molecule has 1 aromatic carbocycles. The van der Waals surface area contributed by atoms with Crippen LogP contribution in [-0.4, -0.2) is 33.7 Å². The normalized spacial score (nSPS) is 13.0. The van der Waals surface area contributed by atoms with E-state index in [2.05, 4.69) is 53.2 Å². The van der Waals surface area contributed by atoms with Crippen LogP contribution in [0.5, 0.6) is 0 Å². The van der Waals surface area contributed by atoms with Gasteiger partial charge in [0.05, 0.1) is 17.6 Å². The van der Waals surface area contributed by atoms with Gasteiger partial charge in [0, 0.05) is 28.1 Å². The molecular weight excluding hydrogens is 460 g/mol. The van der Waals surface area contributed by atoms with Crippen LogP contribution in [0.2, 0.25) is 0 Å². The summed E-state index contributed by atoms with van der Waals surface area (Å²) in [5.41, 5.74) is 2.10. The largest absolute Gasteiger partial charge is 0.444 e. The van der Waals surface area contributed by atoms with Crippen molar-refractivity contribution in [3.63, 3.8) is 0 Å². The van der Waals surface area contributed by atoms with Gasteiger partial charge in [-0.25, -0.2) is 9.79 Å². The summed E-state index contributed by atoms with van der Waals surface area (Å²) < 4.78 is 6.01. The zero-order valence-corrected chi connectivity index (χ0v) is 18.9. The fraction of sp³-hybridized carbons (Fsp3) is 0.316. The summed E-state index contributed by atoms with van der Waals surface area (Å²) in [6, 6.07) is 3.64. The highest BCUT2D eigenvalue weighted by atomic mass is 79.9. The molecule has 0 aliphatic heterocycles. The molecule has 8 nitrogen and oxygen atoms in total. The highest BCUT2D eigenvalue weighted by molar-refractivity contribution is 9.11. The number of alkyl carbamates (subject to hydrolysis) is 1. The predicted octanol–water partition coefficient (Wildman–Crippen LogP) is 4.95. The Bertz CT molecular complexity index is 980. The molecule has 0 aliphatic carbocycles. The van der Waals surface area contributed by atoms with Gasteiger partial charge in [-0.1, -0.05) is 15.9 Å². The number of aliphatic imine (C=N–C) groups is 2. The SMILES string of the molecule is C=N/C(Cl)=N\C(Nc1ccc2nccnc2c1CNC(=O)OC(C)(C)C)=C(/C)Br. The summed E-state index contributed by atoms with van der Waals surface area (Å²) in [5.74, 6) is 0.434. The third-order valence-electron chi connectivity index (χ3n) is 3.47. The van der Waals surface area contributed by atoms with E-state index < -0.39 is 11.7 Å². The third-order valence-corrected chi connectivity index (χ3v) is 4.05. The summed E-state index contributed by atoms with van der Waals surface area (Å²) >= 11 is 9.30. The summed E-state index contributed by atoms with van der Waals surface area (Å²) in [7, 11) is 0. The van der Waals surface area contributed by atoms with E-state index in [4.69, 9.17) is 16.3 Å². The summed E-state index contributed by atoms with van der Waals surface area (Å²) in [6.45, 7) is 10.7. The highest BCUT2D eigenvalue weighted by Crippen LogP contribution is 2.27. The lowest BCUT2D eigenvalue weighted by molar-refractivity contribution is 0.0524. The van der Waals surface area contributed by atoms with Gasteiger partial charge < -0.3 is 15.4 Å². The number of anilines is 1. The number of aromatic nitrogens is 2. The van der Waals surface area contributed by atoms with Crippen LogP contribution in [0.3, 0.4) is 0 Å². The number of rotatable bonds is 5. The molecule has 0 saturated carbocycles. The quantitative estimate of drug-likeness (QED) is 0.358. The van der Waals surface area contributed by atoms with Crippen molar-refractivity contribution in [3.05, 3.63) is 40.4 Å². The number of ether oxygens (including phenoxy) is 1. The molecule has 0 saturated heterocycles. The second-order valence-electron chi connectivity index (χ2n) is 6.92. The van der Waals surface area contributed by atoms with E-state index in [9.17, 15) is 4.79 Å². The fourth-order valence-electron chi connectivity index (χ4n) is 2.31. The second kappa shape index (κ2) is 9.80. The van der Waals surface area contributed by atoms with Crippen LogP contribution in [0.15, 0.2) is 44.8 Å². The Kier molecular flexibility index (Phi) is 7.69. The number of amides is 1. The lowest BCUT2D eigenvalue weighted by atomic mass is 10.1. The van der Waals surface area contributed by atoms with Crippen LogP contribution >= 0.6 is 27.5 Å². The number of halogens is 2. The molecule has 2 rings (SSSR count). The molecule has 1 amide bonds. The van der Waals surface area contributed by atoms with E-state index in [0.29, 0.717) is 32.6 Å². The van der Waals surface area contributed by atoms with Gasteiger partial charge in [-0.2, -0.15) is 4.99 Å². The van der Waals surface area contributed by atoms with E-state index >= 15 is 0 Å². The molecule has 0 fully saturated rings. The Morgan fingerprint density at radius 2 is 2.00 bits per heavy atom. The molecule has 2 aromatic rings. The molecule has 1 heterocycles. The molecule has 0 aliphatic rings. The summed E-state index contributed by atoms with van der Waals surface area (Å²) in [5, 5.41) is 5.93. The Morgan fingerprint density at radius 3 is 2.62 bits per heavy atom. The Balaban J connectivity index is 2.42. The van der Waals surface area contributed by atoms with Crippen LogP contribution in [0.1, 0.15) is 33.3 Å². The molecule has 154 valence electrons. The molecular formula is C19H22BrClN6O2. The van der Waals surface area contributed by atoms with Gasteiger partial charge in [0.25, 0.3) is 0 Å². The van der Waals surface area contributed by atoms with Gasteiger partial charge in [0.15, 0.2) is 0 Å². The Labute approximate surface area is 182 Å². The van der Waals surface area contributed by atoms with Crippen molar-refractivity contribution in [1.29, 1.82) is 0 Å². The van der Waals surface area contributed by atoms with Gasteiger partial charge >= 0.3 is 6.09 Å². The molecule has 0 spiro atoms. The van der Waals surface area contributed by atoms with Crippen molar-refractivity contribution in [1.82, 2.24) is 15.3 Å². The molecule has 1 aromatic heterocycles. The minimum Gasteiger partial charge on any atom is -0.444 e. The number of nitrogens with one attached hydrogen (secondary N) is 2. The summed E-state index contributed by atoms with van der Waals surface area (Å²) in [6.07, 6.45) is 2.66. The first kappa shape index (κ1) is 22.8.